The number of ether oxygens (including phenoxy) is 1. The standard InChI is InChI=1S/C24H20BrNO5/c1-13-10-18(22(27)20(25)11-13)21(23(28)29)26-24(30)31-12-19-16-8-4-2-6-14(16)15-7-3-5-9-17(15)19/h2-11,19,21,27H,12H2,1H3,(H,26,30)(H,28,29). The van der Waals surface area contributed by atoms with Crippen LogP contribution in [-0.4, -0.2) is 28.9 Å². The third-order valence-electron chi connectivity index (χ3n) is 5.40. The number of carboxylic acids is 1. The van der Waals surface area contributed by atoms with Crippen molar-refractivity contribution >= 4 is 28.0 Å². The normalized spacial score (nSPS) is 13.2. The molecule has 1 atom stereocenters. The van der Waals surface area contributed by atoms with E-state index in [9.17, 15) is 19.8 Å². The van der Waals surface area contributed by atoms with Gasteiger partial charge in [-0.05, 0) is 62.8 Å². The number of phenols is 1. The van der Waals surface area contributed by atoms with Crippen LogP contribution < -0.4 is 5.32 Å². The van der Waals surface area contributed by atoms with Crippen LogP contribution in [0.3, 0.4) is 0 Å². The maximum atomic E-state index is 12.5. The number of rotatable bonds is 5. The van der Waals surface area contributed by atoms with Crippen molar-refractivity contribution in [1.82, 2.24) is 5.32 Å². The molecule has 0 radical (unpaired) electrons. The molecule has 1 unspecified atom stereocenters. The second kappa shape index (κ2) is 8.43. The predicted molar refractivity (Wildman–Crippen MR) is 119 cm³/mol. The lowest BCUT2D eigenvalue weighted by Crippen LogP contribution is -2.35. The minimum atomic E-state index is -1.45. The average molecular weight is 482 g/mol. The number of fused-ring (bicyclic) bond motifs is 3. The summed E-state index contributed by atoms with van der Waals surface area (Å²) >= 11 is 3.20. The van der Waals surface area contributed by atoms with Gasteiger partial charge in [0.15, 0.2) is 6.04 Å². The van der Waals surface area contributed by atoms with Crippen LogP contribution in [0.2, 0.25) is 0 Å². The van der Waals surface area contributed by atoms with E-state index in [-0.39, 0.29) is 23.8 Å². The van der Waals surface area contributed by atoms with Crippen LogP contribution in [0.5, 0.6) is 5.75 Å². The van der Waals surface area contributed by atoms with Crippen LogP contribution in [0.25, 0.3) is 11.1 Å². The van der Waals surface area contributed by atoms with Gasteiger partial charge in [-0.3, -0.25) is 0 Å². The number of hydrogen-bond acceptors (Lipinski definition) is 4. The first-order chi connectivity index (χ1) is 14.9. The highest BCUT2D eigenvalue weighted by atomic mass is 79.9. The molecule has 0 aromatic heterocycles. The second-order valence-corrected chi connectivity index (χ2v) is 8.28. The molecule has 1 aliphatic rings. The van der Waals surface area contributed by atoms with E-state index in [1.807, 2.05) is 48.5 Å². The van der Waals surface area contributed by atoms with Crippen molar-refractivity contribution in [3.63, 3.8) is 0 Å². The predicted octanol–water partition coefficient (Wildman–Crippen LogP) is 5.13. The fourth-order valence-corrected chi connectivity index (χ4v) is 4.60. The molecule has 0 heterocycles. The lowest BCUT2D eigenvalue weighted by atomic mass is 9.98. The maximum absolute atomic E-state index is 12.5. The van der Waals surface area contributed by atoms with E-state index in [4.69, 9.17) is 4.74 Å². The minimum Gasteiger partial charge on any atom is -0.506 e. The number of alkyl carbamates (subject to hydrolysis) is 1. The Morgan fingerprint density at radius 2 is 1.65 bits per heavy atom. The van der Waals surface area contributed by atoms with Crippen molar-refractivity contribution in [3.8, 4) is 16.9 Å². The number of aryl methyl sites for hydroxylation is 1. The van der Waals surface area contributed by atoms with Crippen molar-refractivity contribution in [2.45, 2.75) is 18.9 Å². The van der Waals surface area contributed by atoms with Gasteiger partial charge in [-0.1, -0.05) is 48.5 Å². The third-order valence-corrected chi connectivity index (χ3v) is 6.01. The summed E-state index contributed by atoms with van der Waals surface area (Å²) in [6.45, 7) is 1.83. The number of amides is 1. The van der Waals surface area contributed by atoms with Gasteiger partial charge in [0.05, 0.1) is 4.47 Å². The smallest absolute Gasteiger partial charge is 0.408 e. The number of halogens is 1. The van der Waals surface area contributed by atoms with Gasteiger partial charge in [0.25, 0.3) is 0 Å². The number of carbonyl (C=O) groups excluding carboxylic acids is 1. The van der Waals surface area contributed by atoms with Crippen molar-refractivity contribution in [1.29, 1.82) is 0 Å². The Morgan fingerprint density at radius 1 is 1.06 bits per heavy atom. The topological polar surface area (TPSA) is 95.9 Å². The van der Waals surface area contributed by atoms with Crippen LogP contribution >= 0.6 is 15.9 Å². The first-order valence-corrected chi connectivity index (χ1v) is 10.5. The fourth-order valence-electron chi connectivity index (χ4n) is 4.01. The molecule has 0 fully saturated rings. The Kier molecular flexibility index (Phi) is 5.69. The minimum absolute atomic E-state index is 0.0652. The van der Waals surface area contributed by atoms with E-state index in [0.29, 0.717) is 4.47 Å². The van der Waals surface area contributed by atoms with E-state index >= 15 is 0 Å². The van der Waals surface area contributed by atoms with Crippen LogP contribution in [-0.2, 0) is 9.53 Å². The zero-order chi connectivity index (χ0) is 22.1. The zero-order valence-electron chi connectivity index (χ0n) is 16.6. The molecule has 3 N–H and O–H groups in total. The number of aromatic hydroxyl groups is 1. The van der Waals surface area contributed by atoms with E-state index < -0.39 is 18.1 Å². The van der Waals surface area contributed by atoms with E-state index in [0.717, 1.165) is 27.8 Å². The molecule has 3 aromatic rings. The Labute approximate surface area is 187 Å². The summed E-state index contributed by atoms with van der Waals surface area (Å²) in [6, 6.07) is 17.6. The highest BCUT2D eigenvalue weighted by Crippen LogP contribution is 2.44. The quantitative estimate of drug-likeness (QED) is 0.469. The van der Waals surface area contributed by atoms with Gasteiger partial charge >= 0.3 is 12.1 Å². The lowest BCUT2D eigenvalue weighted by Gasteiger charge is -2.19. The SMILES string of the molecule is Cc1cc(Br)c(O)c(C(NC(=O)OCC2c3ccccc3-c3ccccc32)C(=O)O)c1. The summed E-state index contributed by atoms with van der Waals surface area (Å²) in [4.78, 5) is 24.3. The third kappa shape index (κ3) is 4.01. The van der Waals surface area contributed by atoms with Gasteiger partial charge in [-0.15, -0.1) is 0 Å². The number of aliphatic carboxylic acids is 1. The molecule has 0 saturated carbocycles. The molecule has 31 heavy (non-hydrogen) atoms. The molecule has 1 aliphatic carbocycles. The molecule has 6 nitrogen and oxygen atoms in total. The Balaban J connectivity index is 1.52. The van der Waals surface area contributed by atoms with Crippen LogP contribution in [0.4, 0.5) is 4.79 Å². The Morgan fingerprint density at radius 3 is 2.23 bits per heavy atom. The highest BCUT2D eigenvalue weighted by Gasteiger charge is 2.31. The molecule has 3 aromatic carbocycles. The zero-order valence-corrected chi connectivity index (χ0v) is 18.2. The van der Waals surface area contributed by atoms with Gasteiger partial charge in [0.1, 0.15) is 12.4 Å². The second-order valence-electron chi connectivity index (χ2n) is 7.43. The number of benzene rings is 3. The average Bonchev–Trinajstić information content (AvgIpc) is 3.07. The van der Waals surface area contributed by atoms with E-state index in [2.05, 4.69) is 21.2 Å². The summed E-state index contributed by atoms with van der Waals surface area (Å²) in [7, 11) is 0. The van der Waals surface area contributed by atoms with Crippen molar-refractivity contribution in [3.05, 3.63) is 87.4 Å². The van der Waals surface area contributed by atoms with E-state index in [1.54, 1.807) is 13.0 Å². The molecule has 158 valence electrons. The first-order valence-electron chi connectivity index (χ1n) is 9.70. The number of hydrogen-bond donors (Lipinski definition) is 3. The fraction of sp³-hybridized carbons (Fsp3) is 0.167. The van der Waals surface area contributed by atoms with Crippen LogP contribution in [0.1, 0.15) is 34.2 Å². The molecule has 7 heteroatoms. The van der Waals surface area contributed by atoms with Gasteiger partial charge < -0.3 is 20.3 Å². The van der Waals surface area contributed by atoms with Crippen molar-refractivity contribution in [2.75, 3.05) is 6.61 Å². The Bertz CT molecular complexity index is 1130. The molecule has 4 rings (SSSR count). The van der Waals surface area contributed by atoms with E-state index in [1.165, 1.54) is 6.07 Å². The summed E-state index contributed by atoms with van der Waals surface area (Å²) in [5, 5.41) is 22.3. The summed E-state index contributed by atoms with van der Waals surface area (Å²) in [6.07, 6.45) is -0.869. The maximum Gasteiger partial charge on any atom is 0.408 e. The number of carbonyl (C=O) groups is 2. The van der Waals surface area contributed by atoms with Gasteiger partial charge in [-0.2, -0.15) is 0 Å². The first kappa shape index (κ1) is 20.9. The Hall–Kier alpha value is -3.32. The van der Waals surface area contributed by atoms with Gasteiger partial charge in [0.2, 0.25) is 0 Å². The van der Waals surface area contributed by atoms with Crippen molar-refractivity contribution in [2.24, 2.45) is 0 Å². The largest absolute Gasteiger partial charge is 0.506 e. The molecule has 0 saturated heterocycles. The molecule has 0 aliphatic heterocycles. The number of phenolic OH excluding ortho intramolecular Hbond substituents is 1. The van der Waals surface area contributed by atoms with Gasteiger partial charge in [-0.25, -0.2) is 9.59 Å². The number of nitrogens with one attached hydrogen (secondary N) is 1. The van der Waals surface area contributed by atoms with Crippen LogP contribution in [0.15, 0.2) is 65.1 Å². The van der Waals surface area contributed by atoms with Gasteiger partial charge in [0, 0.05) is 11.5 Å². The molecular formula is C24H20BrNO5. The summed E-state index contributed by atoms with van der Waals surface area (Å²) < 4.78 is 5.79. The molecule has 0 bridgehead atoms. The molecule has 1 amide bonds. The summed E-state index contributed by atoms with van der Waals surface area (Å²) in [5.74, 6) is -1.68. The highest BCUT2D eigenvalue weighted by molar-refractivity contribution is 9.10. The number of carboxylic acid groups (broad SMARTS) is 1. The molecular weight excluding hydrogens is 462 g/mol. The molecule has 0 spiro atoms. The monoisotopic (exact) mass is 481 g/mol. The van der Waals surface area contributed by atoms with Crippen LogP contribution in [0, 0.1) is 6.92 Å². The lowest BCUT2D eigenvalue weighted by molar-refractivity contribution is -0.139. The van der Waals surface area contributed by atoms with Crippen molar-refractivity contribution < 1.29 is 24.5 Å². The summed E-state index contributed by atoms with van der Waals surface area (Å²) in [5.41, 5.74) is 5.14.